The average Bonchev–Trinajstić information content (AvgIpc) is 2.84. The Hall–Kier alpha value is -2.18. The van der Waals surface area contributed by atoms with Crippen LogP contribution in [-0.4, -0.2) is 25.5 Å². The monoisotopic (exact) mass is 344 g/mol. The van der Waals surface area contributed by atoms with Gasteiger partial charge in [-0.1, -0.05) is 6.07 Å². The van der Waals surface area contributed by atoms with Crippen molar-refractivity contribution in [3.05, 3.63) is 65.6 Å². The maximum Gasteiger partial charge on any atom is 0.268 e. The SMILES string of the molecule is O=S(=O)(c1ccc2c(c1)CCNCC2)n1ccc2cc(F)ccc21. The molecule has 0 unspecified atom stereocenters. The van der Waals surface area contributed by atoms with E-state index in [4.69, 9.17) is 0 Å². The second-order valence-corrected chi connectivity index (χ2v) is 7.82. The van der Waals surface area contributed by atoms with Crippen molar-refractivity contribution in [1.82, 2.24) is 9.29 Å². The molecule has 0 atom stereocenters. The zero-order chi connectivity index (χ0) is 16.7. The largest absolute Gasteiger partial charge is 0.316 e. The van der Waals surface area contributed by atoms with Crippen molar-refractivity contribution in [2.75, 3.05) is 13.1 Å². The van der Waals surface area contributed by atoms with E-state index < -0.39 is 10.0 Å². The molecule has 0 aliphatic carbocycles. The molecule has 2 heterocycles. The molecule has 3 aromatic rings. The highest BCUT2D eigenvalue weighted by molar-refractivity contribution is 7.90. The first-order valence-corrected chi connectivity index (χ1v) is 9.34. The fraction of sp³-hybridized carbons (Fsp3) is 0.222. The smallest absolute Gasteiger partial charge is 0.268 e. The summed E-state index contributed by atoms with van der Waals surface area (Å²) in [7, 11) is -3.71. The van der Waals surface area contributed by atoms with E-state index in [-0.39, 0.29) is 10.7 Å². The summed E-state index contributed by atoms with van der Waals surface area (Å²) in [6.07, 6.45) is 3.20. The van der Waals surface area contributed by atoms with Gasteiger partial charge in [0.15, 0.2) is 0 Å². The van der Waals surface area contributed by atoms with Crippen LogP contribution in [0.1, 0.15) is 11.1 Å². The number of fused-ring (bicyclic) bond motifs is 2. The van der Waals surface area contributed by atoms with Crippen LogP contribution in [0.25, 0.3) is 10.9 Å². The van der Waals surface area contributed by atoms with Crippen molar-refractivity contribution in [3.8, 4) is 0 Å². The van der Waals surface area contributed by atoms with Gasteiger partial charge < -0.3 is 5.32 Å². The minimum absolute atomic E-state index is 0.268. The summed E-state index contributed by atoms with van der Waals surface area (Å²) in [6.45, 7) is 1.76. The number of aromatic nitrogens is 1. The van der Waals surface area contributed by atoms with Crippen LogP contribution in [0, 0.1) is 5.82 Å². The van der Waals surface area contributed by atoms with Gasteiger partial charge in [-0.05, 0) is 73.5 Å². The Morgan fingerprint density at radius 1 is 0.958 bits per heavy atom. The van der Waals surface area contributed by atoms with E-state index in [0.29, 0.717) is 10.9 Å². The van der Waals surface area contributed by atoms with E-state index in [9.17, 15) is 12.8 Å². The average molecular weight is 344 g/mol. The lowest BCUT2D eigenvalue weighted by molar-refractivity contribution is 0.588. The van der Waals surface area contributed by atoms with Crippen molar-refractivity contribution < 1.29 is 12.8 Å². The van der Waals surface area contributed by atoms with Crippen LogP contribution in [0.4, 0.5) is 4.39 Å². The predicted molar refractivity (Wildman–Crippen MR) is 91.2 cm³/mol. The molecule has 0 fully saturated rings. The molecule has 4 rings (SSSR count). The molecule has 0 bridgehead atoms. The van der Waals surface area contributed by atoms with Crippen LogP contribution < -0.4 is 5.32 Å². The number of rotatable bonds is 2. The molecule has 1 aromatic heterocycles. The van der Waals surface area contributed by atoms with Gasteiger partial charge in [0.2, 0.25) is 0 Å². The van der Waals surface area contributed by atoms with Gasteiger partial charge in [-0.15, -0.1) is 0 Å². The standard InChI is InChI=1S/C18H17FN2O2S/c19-16-2-4-18-15(11-16)7-10-21(18)24(22,23)17-3-1-13-5-8-20-9-6-14(13)12-17/h1-4,7,10-12,20H,5-6,8-9H2. The van der Waals surface area contributed by atoms with Crippen LogP contribution >= 0.6 is 0 Å². The molecular weight excluding hydrogens is 327 g/mol. The van der Waals surface area contributed by atoms with Crippen LogP contribution in [-0.2, 0) is 22.9 Å². The van der Waals surface area contributed by atoms with Gasteiger partial charge in [-0.3, -0.25) is 0 Å². The fourth-order valence-electron chi connectivity index (χ4n) is 3.22. The molecule has 0 amide bonds. The molecule has 24 heavy (non-hydrogen) atoms. The van der Waals surface area contributed by atoms with Gasteiger partial charge in [-0.25, -0.2) is 16.8 Å². The Labute approximate surface area is 140 Å². The van der Waals surface area contributed by atoms with Crippen LogP contribution in [0.5, 0.6) is 0 Å². The highest BCUT2D eigenvalue weighted by Crippen LogP contribution is 2.25. The van der Waals surface area contributed by atoms with E-state index in [1.807, 2.05) is 6.07 Å². The number of nitrogens with one attached hydrogen (secondary N) is 1. The Bertz CT molecular complexity index is 1020. The van der Waals surface area contributed by atoms with E-state index >= 15 is 0 Å². The Morgan fingerprint density at radius 2 is 1.75 bits per heavy atom. The summed E-state index contributed by atoms with van der Waals surface area (Å²) in [5.41, 5.74) is 2.75. The molecule has 2 aromatic carbocycles. The third-order valence-corrected chi connectivity index (χ3v) is 6.18. The third-order valence-electron chi connectivity index (χ3n) is 4.49. The Kier molecular flexibility index (Phi) is 3.66. The number of halogens is 1. The predicted octanol–water partition coefficient (Wildman–Crippen LogP) is 2.71. The van der Waals surface area contributed by atoms with Gasteiger partial charge in [0, 0.05) is 11.6 Å². The maximum absolute atomic E-state index is 13.3. The third kappa shape index (κ3) is 2.52. The van der Waals surface area contributed by atoms with Crippen LogP contribution in [0.15, 0.2) is 53.6 Å². The van der Waals surface area contributed by atoms with Crippen molar-refractivity contribution in [2.45, 2.75) is 17.7 Å². The fourth-order valence-corrected chi connectivity index (χ4v) is 4.63. The van der Waals surface area contributed by atoms with Gasteiger partial charge in [0.05, 0.1) is 10.4 Å². The van der Waals surface area contributed by atoms with Gasteiger partial charge >= 0.3 is 0 Å². The summed E-state index contributed by atoms with van der Waals surface area (Å²) < 4.78 is 40.6. The first kappa shape index (κ1) is 15.4. The first-order chi connectivity index (χ1) is 11.6. The summed E-state index contributed by atoms with van der Waals surface area (Å²) in [5, 5.41) is 3.89. The molecule has 124 valence electrons. The molecule has 1 aliphatic rings. The highest BCUT2D eigenvalue weighted by atomic mass is 32.2. The number of hydrogen-bond donors (Lipinski definition) is 1. The summed E-state index contributed by atoms with van der Waals surface area (Å²) in [4.78, 5) is 0.268. The highest BCUT2D eigenvalue weighted by Gasteiger charge is 2.21. The molecule has 0 spiro atoms. The van der Waals surface area contributed by atoms with E-state index in [1.165, 1.54) is 33.9 Å². The lowest BCUT2D eigenvalue weighted by Crippen LogP contribution is -2.16. The summed E-state index contributed by atoms with van der Waals surface area (Å²) in [6, 6.07) is 11.1. The molecule has 0 saturated carbocycles. The quantitative estimate of drug-likeness (QED) is 0.778. The van der Waals surface area contributed by atoms with Gasteiger partial charge in [0.1, 0.15) is 5.82 Å². The number of nitrogens with zero attached hydrogens (tertiary/aromatic N) is 1. The molecule has 4 nitrogen and oxygen atoms in total. The van der Waals surface area contributed by atoms with E-state index in [0.717, 1.165) is 31.5 Å². The van der Waals surface area contributed by atoms with E-state index in [1.54, 1.807) is 18.2 Å². The molecule has 1 N–H and O–H groups in total. The number of benzene rings is 2. The van der Waals surface area contributed by atoms with Crippen molar-refractivity contribution >= 4 is 20.9 Å². The lowest BCUT2D eigenvalue weighted by Gasteiger charge is -2.11. The van der Waals surface area contributed by atoms with Crippen LogP contribution in [0.2, 0.25) is 0 Å². The van der Waals surface area contributed by atoms with Crippen molar-refractivity contribution in [2.24, 2.45) is 0 Å². The van der Waals surface area contributed by atoms with Crippen LogP contribution in [0.3, 0.4) is 0 Å². The van der Waals surface area contributed by atoms with Crippen molar-refractivity contribution in [3.63, 3.8) is 0 Å². The van der Waals surface area contributed by atoms with Crippen molar-refractivity contribution in [1.29, 1.82) is 0 Å². The zero-order valence-corrected chi connectivity index (χ0v) is 13.8. The van der Waals surface area contributed by atoms with Gasteiger partial charge in [0.25, 0.3) is 10.0 Å². The normalized spacial score (nSPS) is 15.2. The first-order valence-electron chi connectivity index (χ1n) is 7.90. The second-order valence-electron chi connectivity index (χ2n) is 6.00. The molecule has 0 radical (unpaired) electrons. The number of hydrogen-bond acceptors (Lipinski definition) is 3. The molecule has 0 saturated heterocycles. The molecular formula is C18H17FN2O2S. The lowest BCUT2D eigenvalue weighted by atomic mass is 10.0. The minimum atomic E-state index is -3.71. The van der Waals surface area contributed by atoms with Gasteiger partial charge in [-0.2, -0.15) is 0 Å². The Balaban J connectivity index is 1.83. The van der Waals surface area contributed by atoms with E-state index in [2.05, 4.69) is 5.32 Å². The topological polar surface area (TPSA) is 51.1 Å². The Morgan fingerprint density at radius 3 is 2.58 bits per heavy atom. The molecule has 1 aliphatic heterocycles. The zero-order valence-electron chi connectivity index (χ0n) is 13.0. The summed E-state index contributed by atoms with van der Waals surface area (Å²) >= 11 is 0. The summed E-state index contributed by atoms with van der Waals surface area (Å²) in [5.74, 6) is -0.379. The maximum atomic E-state index is 13.3. The minimum Gasteiger partial charge on any atom is -0.316 e. The second kappa shape index (κ2) is 5.72. The molecule has 6 heteroatoms.